The van der Waals surface area contributed by atoms with E-state index in [-0.39, 0.29) is 18.4 Å². The first-order valence-corrected chi connectivity index (χ1v) is 4.78. The third-order valence-electron chi connectivity index (χ3n) is 2.18. The fourth-order valence-electron chi connectivity index (χ4n) is 1.33. The normalized spacial score (nSPS) is 12.8. The number of hydrogen-bond donors (Lipinski definition) is 2. The van der Waals surface area contributed by atoms with Gasteiger partial charge in [0.05, 0.1) is 6.10 Å². The summed E-state index contributed by atoms with van der Waals surface area (Å²) >= 11 is 0. The summed E-state index contributed by atoms with van der Waals surface area (Å²) in [7, 11) is 0. The second-order valence-electron chi connectivity index (χ2n) is 3.42. The number of carboxylic acids is 1. The van der Waals surface area contributed by atoms with Crippen molar-refractivity contribution in [1.29, 1.82) is 0 Å². The zero-order valence-electron chi connectivity index (χ0n) is 8.44. The molecular weight excluding hydrogens is 218 g/mol. The molecule has 0 heterocycles. The number of aliphatic hydroxyl groups excluding tert-OH is 1. The van der Waals surface area contributed by atoms with Gasteiger partial charge in [-0.3, -0.25) is 4.79 Å². The molecule has 0 radical (unpaired) electrons. The van der Waals surface area contributed by atoms with Crippen molar-refractivity contribution in [2.24, 2.45) is 0 Å². The van der Waals surface area contributed by atoms with E-state index >= 15 is 0 Å². The number of carboxylic acid groups (broad SMARTS) is 1. The van der Waals surface area contributed by atoms with Gasteiger partial charge < -0.3 is 10.2 Å². The molecule has 0 aliphatic heterocycles. The molecule has 0 aliphatic rings. The lowest BCUT2D eigenvalue weighted by Crippen LogP contribution is -2.03. The summed E-state index contributed by atoms with van der Waals surface area (Å²) in [6, 6.07) is 5.37. The van der Waals surface area contributed by atoms with Crippen LogP contribution in [0.3, 0.4) is 0 Å². The van der Waals surface area contributed by atoms with Gasteiger partial charge >= 0.3 is 5.97 Å². The molecule has 1 atom stereocenters. The predicted octanol–water partition coefficient (Wildman–Crippen LogP) is 2.52. The Morgan fingerprint density at radius 1 is 1.31 bits per heavy atom. The van der Waals surface area contributed by atoms with Gasteiger partial charge in [0, 0.05) is 12.0 Å². The maximum absolute atomic E-state index is 12.3. The Labute approximate surface area is 91.3 Å². The van der Waals surface area contributed by atoms with Gasteiger partial charge in [-0.15, -0.1) is 0 Å². The third-order valence-corrected chi connectivity index (χ3v) is 2.18. The first-order valence-electron chi connectivity index (χ1n) is 4.78. The lowest BCUT2D eigenvalue weighted by atomic mass is 10.0. The summed E-state index contributed by atoms with van der Waals surface area (Å²) in [6.45, 7) is 0. The molecule has 16 heavy (non-hydrogen) atoms. The molecule has 88 valence electrons. The van der Waals surface area contributed by atoms with Gasteiger partial charge in [0.15, 0.2) is 0 Å². The molecule has 0 aliphatic carbocycles. The van der Waals surface area contributed by atoms with Gasteiger partial charge in [-0.05, 0) is 18.1 Å². The Morgan fingerprint density at radius 3 is 2.50 bits per heavy atom. The summed E-state index contributed by atoms with van der Waals surface area (Å²) in [5.41, 5.74) is 0.144. The minimum atomic E-state index is -2.59. The summed E-state index contributed by atoms with van der Waals surface area (Å²) in [5, 5.41) is 18.0. The standard InChI is InChI=1S/C11H12F2O3/c12-11(13)8-3-1-2-7(6-8)9(14)4-5-10(15)16/h1-3,6,9,11,14H,4-5H2,(H,15,16). The number of aliphatic hydroxyl groups is 1. The predicted molar refractivity (Wildman–Crippen MR) is 53.2 cm³/mol. The summed E-state index contributed by atoms with van der Waals surface area (Å²) < 4.78 is 24.7. The second kappa shape index (κ2) is 5.55. The van der Waals surface area contributed by atoms with Crippen molar-refractivity contribution in [2.75, 3.05) is 0 Å². The van der Waals surface area contributed by atoms with Crippen molar-refractivity contribution < 1.29 is 23.8 Å². The van der Waals surface area contributed by atoms with E-state index in [0.29, 0.717) is 5.56 Å². The maximum atomic E-state index is 12.3. The molecule has 1 rings (SSSR count). The van der Waals surface area contributed by atoms with Crippen LogP contribution in [0.15, 0.2) is 24.3 Å². The third kappa shape index (κ3) is 3.58. The van der Waals surface area contributed by atoms with Crippen molar-refractivity contribution in [1.82, 2.24) is 0 Å². The maximum Gasteiger partial charge on any atom is 0.303 e. The zero-order chi connectivity index (χ0) is 12.1. The Kier molecular flexibility index (Phi) is 4.37. The van der Waals surface area contributed by atoms with Gasteiger partial charge in [0.1, 0.15) is 0 Å². The highest BCUT2D eigenvalue weighted by molar-refractivity contribution is 5.66. The number of benzene rings is 1. The van der Waals surface area contributed by atoms with E-state index in [0.717, 1.165) is 0 Å². The van der Waals surface area contributed by atoms with Crippen molar-refractivity contribution in [2.45, 2.75) is 25.4 Å². The van der Waals surface area contributed by atoms with Crippen LogP contribution in [-0.4, -0.2) is 16.2 Å². The van der Waals surface area contributed by atoms with Crippen molar-refractivity contribution in [3.8, 4) is 0 Å². The van der Waals surface area contributed by atoms with E-state index in [9.17, 15) is 18.7 Å². The molecule has 0 fully saturated rings. The fraction of sp³-hybridized carbons (Fsp3) is 0.364. The minimum absolute atomic E-state index is 0.0159. The zero-order valence-corrected chi connectivity index (χ0v) is 8.44. The van der Waals surface area contributed by atoms with E-state index in [2.05, 4.69) is 0 Å². The average molecular weight is 230 g/mol. The van der Waals surface area contributed by atoms with Gasteiger partial charge in [-0.1, -0.05) is 18.2 Å². The van der Waals surface area contributed by atoms with Crippen LogP contribution in [0, 0.1) is 0 Å². The van der Waals surface area contributed by atoms with E-state index < -0.39 is 18.5 Å². The molecule has 0 saturated heterocycles. The van der Waals surface area contributed by atoms with E-state index in [1.807, 2.05) is 0 Å². The molecule has 1 unspecified atom stereocenters. The molecule has 0 bridgehead atoms. The lowest BCUT2D eigenvalue weighted by Gasteiger charge is -2.10. The molecule has 2 N–H and O–H groups in total. The number of hydrogen-bond acceptors (Lipinski definition) is 2. The fourth-order valence-corrected chi connectivity index (χ4v) is 1.33. The van der Waals surface area contributed by atoms with Crippen LogP contribution in [-0.2, 0) is 4.79 Å². The molecule has 1 aromatic carbocycles. The van der Waals surface area contributed by atoms with Crippen molar-refractivity contribution >= 4 is 5.97 Å². The van der Waals surface area contributed by atoms with Crippen LogP contribution in [0.2, 0.25) is 0 Å². The number of carbonyl (C=O) groups is 1. The Bertz CT molecular complexity index is 366. The first-order chi connectivity index (χ1) is 7.50. The minimum Gasteiger partial charge on any atom is -0.481 e. The first kappa shape index (κ1) is 12.6. The summed E-state index contributed by atoms with van der Waals surface area (Å²) in [5.74, 6) is -1.02. The van der Waals surface area contributed by atoms with Crippen LogP contribution < -0.4 is 0 Å². The van der Waals surface area contributed by atoms with Gasteiger partial charge in [0.2, 0.25) is 0 Å². The van der Waals surface area contributed by atoms with Gasteiger partial charge in [0.25, 0.3) is 6.43 Å². The monoisotopic (exact) mass is 230 g/mol. The molecule has 0 spiro atoms. The SMILES string of the molecule is O=C(O)CCC(O)c1cccc(C(F)F)c1. The van der Waals surface area contributed by atoms with E-state index in [1.165, 1.54) is 24.3 Å². The summed E-state index contributed by atoms with van der Waals surface area (Å²) in [4.78, 5) is 10.3. The van der Waals surface area contributed by atoms with Crippen LogP contribution in [0.1, 0.15) is 36.5 Å². The highest BCUT2D eigenvalue weighted by Crippen LogP contribution is 2.24. The number of rotatable bonds is 5. The topological polar surface area (TPSA) is 57.5 Å². The largest absolute Gasteiger partial charge is 0.481 e. The second-order valence-corrected chi connectivity index (χ2v) is 3.42. The number of halogens is 2. The van der Waals surface area contributed by atoms with Gasteiger partial charge in [-0.2, -0.15) is 0 Å². The van der Waals surface area contributed by atoms with E-state index in [4.69, 9.17) is 5.11 Å². The smallest absolute Gasteiger partial charge is 0.303 e. The molecule has 1 aromatic rings. The average Bonchev–Trinajstić information content (AvgIpc) is 2.26. The quantitative estimate of drug-likeness (QED) is 0.817. The Hall–Kier alpha value is -1.49. The number of alkyl halides is 2. The van der Waals surface area contributed by atoms with Crippen molar-refractivity contribution in [3.63, 3.8) is 0 Å². The molecular formula is C11H12F2O3. The molecule has 3 nitrogen and oxygen atoms in total. The molecule has 0 saturated carbocycles. The van der Waals surface area contributed by atoms with Crippen LogP contribution in [0.5, 0.6) is 0 Å². The molecule has 0 amide bonds. The number of aliphatic carboxylic acids is 1. The highest BCUT2D eigenvalue weighted by Gasteiger charge is 2.13. The van der Waals surface area contributed by atoms with Crippen molar-refractivity contribution in [3.05, 3.63) is 35.4 Å². The Morgan fingerprint density at radius 2 is 1.94 bits per heavy atom. The summed E-state index contributed by atoms with van der Waals surface area (Å²) in [6.07, 6.45) is -3.79. The van der Waals surface area contributed by atoms with Crippen LogP contribution in [0.4, 0.5) is 8.78 Å². The van der Waals surface area contributed by atoms with E-state index in [1.54, 1.807) is 0 Å². The van der Waals surface area contributed by atoms with Crippen LogP contribution >= 0.6 is 0 Å². The van der Waals surface area contributed by atoms with Gasteiger partial charge in [-0.25, -0.2) is 8.78 Å². The Balaban J connectivity index is 2.71. The lowest BCUT2D eigenvalue weighted by molar-refractivity contribution is -0.137. The highest BCUT2D eigenvalue weighted by atomic mass is 19.3. The molecule has 5 heteroatoms. The van der Waals surface area contributed by atoms with Crippen LogP contribution in [0.25, 0.3) is 0 Å². The molecule has 0 aromatic heterocycles.